The van der Waals surface area contributed by atoms with Crippen molar-refractivity contribution in [1.29, 1.82) is 0 Å². The molecule has 0 aliphatic rings. The van der Waals surface area contributed by atoms with Crippen LogP contribution in [0.4, 0.5) is 0 Å². The van der Waals surface area contributed by atoms with Gasteiger partial charge in [-0.2, -0.15) is 11.8 Å². The fraction of sp³-hybridized carbons (Fsp3) is 0.625. The highest BCUT2D eigenvalue weighted by atomic mass is 32.2. The van der Waals surface area contributed by atoms with E-state index in [0.29, 0.717) is 24.3 Å². The highest BCUT2D eigenvalue weighted by Gasteiger charge is 2.15. The van der Waals surface area contributed by atoms with Crippen molar-refractivity contribution in [1.82, 2.24) is 10.6 Å². The van der Waals surface area contributed by atoms with Gasteiger partial charge in [-0.15, -0.1) is 0 Å². The van der Waals surface area contributed by atoms with Crippen LogP contribution < -0.4 is 10.6 Å². The molecule has 1 atom stereocenters. The number of carboxylic acids is 1. The highest BCUT2D eigenvalue weighted by molar-refractivity contribution is 7.99. The second kappa shape index (κ2) is 8.10. The molecule has 0 saturated heterocycles. The number of aliphatic carboxylic acids is 1. The minimum absolute atomic E-state index is 0.102. The predicted molar refractivity (Wildman–Crippen MR) is 56.6 cm³/mol. The summed E-state index contributed by atoms with van der Waals surface area (Å²) >= 11 is 1.33. The molecule has 1 unspecified atom stereocenters. The molecule has 0 aromatic carbocycles. The van der Waals surface area contributed by atoms with E-state index < -0.39 is 12.0 Å². The first-order valence-electron chi connectivity index (χ1n) is 4.32. The van der Waals surface area contributed by atoms with Gasteiger partial charge in [-0.1, -0.05) is 0 Å². The lowest BCUT2D eigenvalue weighted by molar-refractivity contribution is -0.140. The Hall–Kier alpha value is -1.24. The molecular formula is C8H14N2O4S. The quantitative estimate of drug-likeness (QED) is 0.372. The third kappa shape index (κ3) is 6.78. The van der Waals surface area contributed by atoms with Crippen LogP contribution in [-0.2, 0) is 14.4 Å². The number of amides is 2. The molecule has 6 nitrogen and oxygen atoms in total. The topological polar surface area (TPSA) is 95.5 Å². The van der Waals surface area contributed by atoms with E-state index in [2.05, 4.69) is 10.6 Å². The van der Waals surface area contributed by atoms with Gasteiger partial charge < -0.3 is 15.7 Å². The number of hydrogen-bond donors (Lipinski definition) is 3. The van der Waals surface area contributed by atoms with Crippen LogP contribution in [0.15, 0.2) is 0 Å². The standard InChI is InChI=1S/C8H14N2O4S/c1-9-7(12)4-15-3-2-6(8(13)14)10-5-11/h5-6H,2-4H2,1H3,(H,9,12)(H,10,11)(H,13,14). The second-order valence-electron chi connectivity index (χ2n) is 2.69. The van der Waals surface area contributed by atoms with Gasteiger partial charge in [0, 0.05) is 7.05 Å². The molecule has 0 fully saturated rings. The van der Waals surface area contributed by atoms with Gasteiger partial charge in [-0.05, 0) is 12.2 Å². The molecule has 0 spiro atoms. The lowest BCUT2D eigenvalue weighted by atomic mass is 10.2. The maximum atomic E-state index is 10.8. The largest absolute Gasteiger partial charge is 0.480 e. The molecule has 0 heterocycles. The van der Waals surface area contributed by atoms with Crippen molar-refractivity contribution in [3.8, 4) is 0 Å². The van der Waals surface area contributed by atoms with E-state index in [1.807, 2.05) is 0 Å². The minimum Gasteiger partial charge on any atom is -0.480 e. The monoisotopic (exact) mass is 234 g/mol. The van der Waals surface area contributed by atoms with Crippen molar-refractivity contribution in [3.63, 3.8) is 0 Å². The fourth-order valence-corrected chi connectivity index (χ4v) is 1.67. The Morgan fingerprint density at radius 3 is 2.67 bits per heavy atom. The van der Waals surface area contributed by atoms with Gasteiger partial charge in [-0.3, -0.25) is 9.59 Å². The van der Waals surface area contributed by atoms with E-state index in [4.69, 9.17) is 5.11 Å². The summed E-state index contributed by atoms with van der Waals surface area (Å²) in [7, 11) is 1.54. The maximum Gasteiger partial charge on any atom is 0.326 e. The van der Waals surface area contributed by atoms with Crippen molar-refractivity contribution >= 4 is 30.0 Å². The molecule has 0 saturated carbocycles. The van der Waals surface area contributed by atoms with E-state index >= 15 is 0 Å². The zero-order valence-corrected chi connectivity index (χ0v) is 9.17. The van der Waals surface area contributed by atoms with Crippen LogP contribution in [0.25, 0.3) is 0 Å². The van der Waals surface area contributed by atoms with Gasteiger partial charge in [0.15, 0.2) is 0 Å². The molecule has 0 aromatic rings. The predicted octanol–water partition coefficient (Wildman–Crippen LogP) is -0.945. The van der Waals surface area contributed by atoms with Crippen LogP contribution in [0, 0.1) is 0 Å². The molecule has 3 N–H and O–H groups in total. The van der Waals surface area contributed by atoms with E-state index in [0.717, 1.165) is 0 Å². The average Bonchev–Trinajstić information content (AvgIpc) is 2.21. The van der Waals surface area contributed by atoms with Gasteiger partial charge in [-0.25, -0.2) is 4.79 Å². The van der Waals surface area contributed by atoms with E-state index in [1.165, 1.54) is 18.8 Å². The fourth-order valence-electron chi connectivity index (χ4n) is 0.798. The maximum absolute atomic E-state index is 10.8. The summed E-state index contributed by atoms with van der Waals surface area (Å²) in [4.78, 5) is 31.4. The molecule has 0 aromatic heterocycles. The summed E-state index contributed by atoms with van der Waals surface area (Å²) in [6.07, 6.45) is 0.665. The molecule has 15 heavy (non-hydrogen) atoms. The number of rotatable bonds is 8. The average molecular weight is 234 g/mol. The van der Waals surface area contributed by atoms with Gasteiger partial charge in [0.1, 0.15) is 6.04 Å². The summed E-state index contributed by atoms with van der Waals surface area (Å²) in [5, 5.41) is 13.3. The van der Waals surface area contributed by atoms with Crippen LogP contribution in [-0.4, -0.2) is 48.0 Å². The summed E-state index contributed by atoms with van der Waals surface area (Å²) in [6, 6.07) is -0.875. The van der Waals surface area contributed by atoms with Crippen molar-refractivity contribution in [2.24, 2.45) is 0 Å². The third-order valence-corrected chi connectivity index (χ3v) is 2.62. The molecule has 0 radical (unpaired) electrons. The van der Waals surface area contributed by atoms with E-state index in [9.17, 15) is 14.4 Å². The first-order valence-corrected chi connectivity index (χ1v) is 5.48. The summed E-state index contributed by atoms with van der Waals surface area (Å²) < 4.78 is 0. The third-order valence-electron chi connectivity index (χ3n) is 1.63. The summed E-state index contributed by atoms with van der Waals surface area (Å²) in [6.45, 7) is 0. The van der Waals surface area contributed by atoms with Crippen molar-refractivity contribution in [2.75, 3.05) is 18.6 Å². The molecule has 7 heteroatoms. The first kappa shape index (κ1) is 13.8. The molecular weight excluding hydrogens is 220 g/mol. The Labute approximate surface area is 91.8 Å². The molecule has 0 rings (SSSR count). The first-order chi connectivity index (χ1) is 7.11. The molecule has 86 valence electrons. The van der Waals surface area contributed by atoms with Crippen molar-refractivity contribution in [2.45, 2.75) is 12.5 Å². The van der Waals surface area contributed by atoms with Gasteiger partial charge >= 0.3 is 5.97 Å². The molecule has 2 amide bonds. The Balaban J connectivity index is 3.66. The number of carbonyl (C=O) groups is 3. The summed E-state index contributed by atoms with van der Waals surface area (Å²) in [5.41, 5.74) is 0. The lowest BCUT2D eigenvalue weighted by Crippen LogP contribution is -2.36. The SMILES string of the molecule is CNC(=O)CSCCC(NC=O)C(=O)O. The number of hydrogen-bond acceptors (Lipinski definition) is 4. The highest BCUT2D eigenvalue weighted by Crippen LogP contribution is 2.04. The summed E-state index contributed by atoms with van der Waals surface area (Å²) in [5.74, 6) is -0.368. The van der Waals surface area contributed by atoms with Crippen molar-refractivity contribution < 1.29 is 19.5 Å². The normalized spacial score (nSPS) is 11.5. The van der Waals surface area contributed by atoms with Crippen LogP contribution in [0.3, 0.4) is 0 Å². The van der Waals surface area contributed by atoms with Gasteiger partial charge in [0.25, 0.3) is 0 Å². The minimum atomic E-state index is -1.07. The Morgan fingerprint density at radius 1 is 1.53 bits per heavy atom. The number of carbonyl (C=O) groups excluding carboxylic acids is 2. The second-order valence-corrected chi connectivity index (χ2v) is 3.79. The van der Waals surface area contributed by atoms with Crippen LogP contribution in [0.1, 0.15) is 6.42 Å². The number of nitrogens with one attached hydrogen (secondary N) is 2. The lowest BCUT2D eigenvalue weighted by Gasteiger charge is -2.09. The van der Waals surface area contributed by atoms with Crippen LogP contribution in [0.5, 0.6) is 0 Å². The Kier molecular flexibility index (Phi) is 7.43. The van der Waals surface area contributed by atoms with Gasteiger partial charge in [0.2, 0.25) is 12.3 Å². The van der Waals surface area contributed by atoms with E-state index in [1.54, 1.807) is 0 Å². The van der Waals surface area contributed by atoms with Crippen LogP contribution >= 0.6 is 11.8 Å². The zero-order valence-electron chi connectivity index (χ0n) is 8.36. The van der Waals surface area contributed by atoms with E-state index in [-0.39, 0.29) is 5.91 Å². The molecule has 0 aliphatic heterocycles. The van der Waals surface area contributed by atoms with Crippen LogP contribution in [0.2, 0.25) is 0 Å². The molecule has 0 bridgehead atoms. The van der Waals surface area contributed by atoms with Crippen molar-refractivity contribution in [3.05, 3.63) is 0 Å². The zero-order chi connectivity index (χ0) is 11.7. The number of thioether (sulfide) groups is 1. The smallest absolute Gasteiger partial charge is 0.326 e. The van der Waals surface area contributed by atoms with Gasteiger partial charge in [0.05, 0.1) is 5.75 Å². The molecule has 0 aliphatic carbocycles. The Morgan fingerprint density at radius 2 is 2.20 bits per heavy atom. The Bertz CT molecular complexity index is 235. The number of carboxylic acid groups (broad SMARTS) is 1.